The van der Waals surface area contributed by atoms with E-state index >= 15 is 0 Å². The molecule has 7 aromatic rings. The SMILES string of the molecule is Cc1cc2c(cc1-c1c(C)ccc3ccccc13)c1cc3ccccc3c(C)c1c1c(C)cccc21. The Morgan fingerprint density at radius 1 is 0.389 bits per heavy atom. The fourth-order valence-electron chi connectivity index (χ4n) is 6.45. The molecule has 0 aliphatic rings. The van der Waals surface area contributed by atoms with Crippen LogP contribution in [0.4, 0.5) is 0 Å². The first kappa shape index (κ1) is 21.1. The number of fused-ring (bicyclic) bond motifs is 8. The monoisotopic (exact) mass is 460 g/mol. The summed E-state index contributed by atoms with van der Waals surface area (Å²) in [5.74, 6) is 0. The van der Waals surface area contributed by atoms with Crippen molar-refractivity contribution in [3.05, 3.63) is 119 Å². The van der Waals surface area contributed by atoms with Gasteiger partial charge in [-0.05, 0) is 127 Å². The van der Waals surface area contributed by atoms with E-state index in [-0.39, 0.29) is 0 Å². The van der Waals surface area contributed by atoms with Crippen molar-refractivity contribution in [1.29, 1.82) is 0 Å². The molecule has 7 aromatic carbocycles. The van der Waals surface area contributed by atoms with Crippen LogP contribution in [-0.4, -0.2) is 0 Å². The van der Waals surface area contributed by atoms with Crippen LogP contribution in [0.5, 0.6) is 0 Å². The van der Waals surface area contributed by atoms with Crippen molar-refractivity contribution in [2.24, 2.45) is 0 Å². The second-order valence-electron chi connectivity index (χ2n) is 10.3. The van der Waals surface area contributed by atoms with E-state index in [1.54, 1.807) is 0 Å². The van der Waals surface area contributed by atoms with Gasteiger partial charge in [-0.3, -0.25) is 0 Å². The van der Waals surface area contributed by atoms with Crippen LogP contribution in [0.25, 0.3) is 65.0 Å². The zero-order valence-corrected chi connectivity index (χ0v) is 21.2. The first-order valence-electron chi connectivity index (χ1n) is 12.8. The second-order valence-corrected chi connectivity index (χ2v) is 10.3. The summed E-state index contributed by atoms with van der Waals surface area (Å²) in [6.07, 6.45) is 0. The first-order chi connectivity index (χ1) is 17.5. The van der Waals surface area contributed by atoms with Gasteiger partial charge in [0.05, 0.1) is 0 Å². The molecule has 0 atom stereocenters. The minimum Gasteiger partial charge on any atom is -0.0616 e. The third kappa shape index (κ3) is 2.88. The van der Waals surface area contributed by atoms with E-state index < -0.39 is 0 Å². The van der Waals surface area contributed by atoms with E-state index in [0.717, 1.165) is 0 Å². The highest BCUT2D eigenvalue weighted by molar-refractivity contribution is 6.29. The largest absolute Gasteiger partial charge is 0.0616 e. The van der Waals surface area contributed by atoms with Gasteiger partial charge in [-0.25, -0.2) is 0 Å². The molecule has 0 spiro atoms. The highest BCUT2D eigenvalue weighted by atomic mass is 14.2. The smallest absolute Gasteiger partial charge is 0.00606 e. The van der Waals surface area contributed by atoms with Crippen LogP contribution in [0.2, 0.25) is 0 Å². The summed E-state index contributed by atoms with van der Waals surface area (Å²) in [6, 6.07) is 36.2. The highest BCUT2D eigenvalue weighted by Gasteiger charge is 2.17. The van der Waals surface area contributed by atoms with Gasteiger partial charge in [-0.2, -0.15) is 0 Å². The maximum absolute atomic E-state index is 2.47. The lowest BCUT2D eigenvalue weighted by Crippen LogP contribution is -1.94. The molecule has 0 amide bonds. The number of aryl methyl sites for hydroxylation is 4. The van der Waals surface area contributed by atoms with Crippen LogP contribution in [0.15, 0.2) is 97.1 Å². The molecule has 0 heterocycles. The predicted octanol–water partition coefficient (Wildman–Crippen LogP) is 10.4. The van der Waals surface area contributed by atoms with Crippen molar-refractivity contribution in [1.82, 2.24) is 0 Å². The quantitative estimate of drug-likeness (QED) is 0.169. The Labute approximate surface area is 211 Å². The Kier molecular flexibility index (Phi) is 4.51. The van der Waals surface area contributed by atoms with Crippen molar-refractivity contribution in [3.63, 3.8) is 0 Å². The van der Waals surface area contributed by atoms with Crippen LogP contribution < -0.4 is 0 Å². The molecule has 0 aromatic heterocycles. The fourth-order valence-corrected chi connectivity index (χ4v) is 6.45. The van der Waals surface area contributed by atoms with Crippen molar-refractivity contribution in [2.45, 2.75) is 27.7 Å². The average Bonchev–Trinajstić information content (AvgIpc) is 2.89. The Bertz CT molecular complexity index is 2020. The molecule has 36 heavy (non-hydrogen) atoms. The van der Waals surface area contributed by atoms with Crippen molar-refractivity contribution in [2.75, 3.05) is 0 Å². The maximum Gasteiger partial charge on any atom is -0.00606 e. The summed E-state index contributed by atoms with van der Waals surface area (Å²) in [5.41, 5.74) is 8.02. The lowest BCUT2D eigenvalue weighted by molar-refractivity contribution is 1.44. The van der Waals surface area contributed by atoms with Gasteiger partial charge < -0.3 is 0 Å². The topological polar surface area (TPSA) is 0 Å². The Morgan fingerprint density at radius 2 is 1.08 bits per heavy atom. The normalized spacial score (nSPS) is 11.9. The highest BCUT2D eigenvalue weighted by Crippen LogP contribution is 2.44. The van der Waals surface area contributed by atoms with E-state index in [1.807, 2.05) is 0 Å². The van der Waals surface area contributed by atoms with Crippen LogP contribution in [0.3, 0.4) is 0 Å². The van der Waals surface area contributed by atoms with Gasteiger partial charge in [0.15, 0.2) is 0 Å². The maximum atomic E-state index is 2.47. The van der Waals surface area contributed by atoms with Gasteiger partial charge in [0.2, 0.25) is 0 Å². The van der Waals surface area contributed by atoms with Gasteiger partial charge in [0.1, 0.15) is 0 Å². The van der Waals surface area contributed by atoms with Gasteiger partial charge in [-0.1, -0.05) is 84.9 Å². The predicted molar refractivity (Wildman–Crippen MR) is 158 cm³/mol. The van der Waals surface area contributed by atoms with Gasteiger partial charge in [0.25, 0.3) is 0 Å². The minimum absolute atomic E-state index is 1.29. The molecule has 0 aliphatic carbocycles. The van der Waals surface area contributed by atoms with Crippen LogP contribution >= 0.6 is 0 Å². The number of benzene rings is 7. The van der Waals surface area contributed by atoms with Crippen molar-refractivity contribution >= 4 is 53.9 Å². The fraction of sp³-hybridized carbons (Fsp3) is 0.111. The van der Waals surface area contributed by atoms with E-state index in [0.29, 0.717) is 0 Å². The van der Waals surface area contributed by atoms with Crippen LogP contribution in [-0.2, 0) is 0 Å². The van der Waals surface area contributed by atoms with E-state index in [2.05, 4.69) is 125 Å². The molecule has 7 rings (SSSR count). The first-order valence-corrected chi connectivity index (χ1v) is 12.8. The average molecular weight is 461 g/mol. The molecule has 0 saturated heterocycles. The number of hydrogen-bond acceptors (Lipinski definition) is 0. The van der Waals surface area contributed by atoms with Crippen molar-refractivity contribution in [3.8, 4) is 11.1 Å². The lowest BCUT2D eigenvalue weighted by Gasteiger charge is -2.19. The van der Waals surface area contributed by atoms with Crippen molar-refractivity contribution < 1.29 is 0 Å². The summed E-state index contributed by atoms with van der Waals surface area (Å²) in [6.45, 7) is 9.06. The molecule has 0 heteroatoms. The van der Waals surface area contributed by atoms with Gasteiger partial charge >= 0.3 is 0 Å². The zero-order chi connectivity index (χ0) is 24.6. The number of rotatable bonds is 1. The minimum atomic E-state index is 1.29. The Hall–Kier alpha value is -4.16. The molecule has 0 aliphatic heterocycles. The van der Waals surface area contributed by atoms with Gasteiger partial charge in [0, 0.05) is 0 Å². The molecule has 0 saturated carbocycles. The molecule has 0 nitrogen and oxygen atoms in total. The summed E-state index contributed by atoms with van der Waals surface area (Å²) in [7, 11) is 0. The number of hydrogen-bond donors (Lipinski definition) is 0. The Balaban J connectivity index is 1.73. The summed E-state index contributed by atoms with van der Waals surface area (Å²) in [4.78, 5) is 0. The van der Waals surface area contributed by atoms with Crippen LogP contribution in [0, 0.1) is 27.7 Å². The third-order valence-corrected chi connectivity index (χ3v) is 8.18. The molecule has 0 fully saturated rings. The van der Waals surface area contributed by atoms with Gasteiger partial charge in [-0.15, -0.1) is 0 Å². The molecule has 0 bridgehead atoms. The Morgan fingerprint density at radius 3 is 1.92 bits per heavy atom. The summed E-state index contributed by atoms with van der Waals surface area (Å²) >= 11 is 0. The van der Waals surface area contributed by atoms with Crippen LogP contribution in [0.1, 0.15) is 22.3 Å². The van der Waals surface area contributed by atoms with E-state index in [4.69, 9.17) is 0 Å². The zero-order valence-electron chi connectivity index (χ0n) is 21.2. The molecular weight excluding hydrogens is 432 g/mol. The summed E-state index contributed by atoms with van der Waals surface area (Å²) < 4.78 is 0. The molecular formula is C36H28. The lowest BCUT2D eigenvalue weighted by atomic mass is 9.84. The summed E-state index contributed by atoms with van der Waals surface area (Å²) in [5, 5.41) is 13.4. The van der Waals surface area contributed by atoms with E-state index in [1.165, 1.54) is 87.2 Å². The molecule has 172 valence electrons. The van der Waals surface area contributed by atoms with E-state index in [9.17, 15) is 0 Å². The third-order valence-electron chi connectivity index (χ3n) is 8.18. The molecule has 0 radical (unpaired) electrons. The molecule has 0 unspecified atom stereocenters. The molecule has 0 N–H and O–H groups in total. The standard InChI is InChI=1S/C36H28/c1-21-10-9-15-29-31-18-23(3)30(34-22(2)16-17-25-11-5-8-14-28(25)34)20-32(31)33-19-26-12-6-7-13-27(26)24(4)36(33)35(21)29/h5-20H,1-4H3. The second kappa shape index (κ2) is 7.67.